The van der Waals surface area contributed by atoms with Crippen LogP contribution in [0.15, 0.2) is 76.2 Å². The van der Waals surface area contributed by atoms with Gasteiger partial charge in [-0.25, -0.2) is 0 Å². The molecule has 0 N–H and O–H groups in total. The Labute approximate surface area is 205 Å². The number of alkyl halides is 3. The van der Waals surface area contributed by atoms with E-state index in [4.69, 9.17) is 4.52 Å². The van der Waals surface area contributed by atoms with Crippen molar-refractivity contribution in [3.63, 3.8) is 0 Å². The van der Waals surface area contributed by atoms with Gasteiger partial charge in [0.15, 0.2) is 0 Å². The molecule has 0 aliphatic carbocycles. The second-order valence-corrected chi connectivity index (χ2v) is 8.84. The van der Waals surface area contributed by atoms with Crippen molar-refractivity contribution in [1.29, 1.82) is 0 Å². The van der Waals surface area contributed by atoms with E-state index < -0.39 is 11.7 Å². The first-order valence-electron chi connectivity index (χ1n) is 11.5. The SMILES string of the molecule is CN1CCN(c2cccc(Cn3cc(-c4nc(-c5ccc(C(F)(F)F)cc5)no4)ccc3=O)c2)CC1. The number of piperazine rings is 1. The van der Waals surface area contributed by atoms with Gasteiger partial charge in [0, 0.05) is 49.7 Å². The van der Waals surface area contributed by atoms with Crippen molar-refractivity contribution in [2.45, 2.75) is 12.7 Å². The predicted molar refractivity (Wildman–Crippen MR) is 130 cm³/mol. The van der Waals surface area contributed by atoms with Crippen LogP contribution in [0.25, 0.3) is 22.8 Å². The molecule has 7 nitrogen and oxygen atoms in total. The van der Waals surface area contributed by atoms with Gasteiger partial charge in [0.25, 0.3) is 11.4 Å². The van der Waals surface area contributed by atoms with E-state index in [0.717, 1.165) is 49.6 Å². The number of anilines is 1. The zero-order valence-electron chi connectivity index (χ0n) is 19.6. The summed E-state index contributed by atoms with van der Waals surface area (Å²) in [5, 5.41) is 3.90. The van der Waals surface area contributed by atoms with Gasteiger partial charge in [-0.1, -0.05) is 29.4 Å². The highest BCUT2D eigenvalue weighted by Gasteiger charge is 2.30. The summed E-state index contributed by atoms with van der Waals surface area (Å²) in [5.41, 5.74) is 2.12. The number of halogens is 3. The normalized spacial score (nSPS) is 14.8. The van der Waals surface area contributed by atoms with Gasteiger partial charge < -0.3 is 18.9 Å². The standard InChI is InChI=1S/C26H24F3N5O2/c1-32-11-13-33(14-12-32)22-4-2-3-18(15-22)16-34-17-20(7-10-23(34)35)25-30-24(31-36-25)19-5-8-21(9-6-19)26(27,28)29/h2-10,15,17H,11-14,16H2,1H3. The molecule has 0 atom stereocenters. The summed E-state index contributed by atoms with van der Waals surface area (Å²) in [6.07, 6.45) is -2.77. The number of nitrogens with zero attached hydrogens (tertiary/aromatic N) is 5. The Morgan fingerprint density at radius 1 is 0.944 bits per heavy atom. The lowest BCUT2D eigenvalue weighted by Gasteiger charge is -2.34. The molecule has 3 heterocycles. The molecular formula is C26H24F3N5O2. The van der Waals surface area contributed by atoms with E-state index in [-0.39, 0.29) is 17.3 Å². The van der Waals surface area contributed by atoms with Crippen LogP contribution in [-0.2, 0) is 12.7 Å². The zero-order valence-corrected chi connectivity index (χ0v) is 19.6. The number of hydrogen-bond donors (Lipinski definition) is 0. The monoisotopic (exact) mass is 495 g/mol. The number of rotatable bonds is 5. The molecule has 1 fully saturated rings. The Morgan fingerprint density at radius 3 is 2.39 bits per heavy atom. The summed E-state index contributed by atoms with van der Waals surface area (Å²) < 4.78 is 45.4. The van der Waals surface area contributed by atoms with Gasteiger partial charge in [-0.05, 0) is 42.9 Å². The predicted octanol–water partition coefficient (Wildman–Crippen LogP) is 4.38. The van der Waals surface area contributed by atoms with Gasteiger partial charge in [0.1, 0.15) is 0 Å². The molecule has 186 valence electrons. The first kappa shape index (κ1) is 23.8. The van der Waals surface area contributed by atoms with Crippen LogP contribution < -0.4 is 10.5 Å². The minimum Gasteiger partial charge on any atom is -0.369 e. The Bertz CT molecular complexity index is 1400. The summed E-state index contributed by atoms with van der Waals surface area (Å²) in [6, 6.07) is 15.7. The first-order valence-corrected chi connectivity index (χ1v) is 11.5. The van der Waals surface area contributed by atoms with Crippen LogP contribution >= 0.6 is 0 Å². The number of aromatic nitrogens is 3. The summed E-state index contributed by atoms with van der Waals surface area (Å²) >= 11 is 0. The topological polar surface area (TPSA) is 67.4 Å². The van der Waals surface area contributed by atoms with Gasteiger partial charge in [0.2, 0.25) is 5.82 Å². The molecule has 10 heteroatoms. The third-order valence-corrected chi connectivity index (χ3v) is 6.26. The Balaban J connectivity index is 1.35. The van der Waals surface area contributed by atoms with Gasteiger partial charge in [-0.15, -0.1) is 0 Å². The number of pyridine rings is 1. The minimum absolute atomic E-state index is 0.163. The summed E-state index contributed by atoms with van der Waals surface area (Å²) in [5.74, 6) is 0.334. The molecule has 4 aromatic rings. The largest absolute Gasteiger partial charge is 0.416 e. The molecule has 0 radical (unpaired) electrons. The van der Waals surface area contributed by atoms with Crippen LogP contribution in [0.1, 0.15) is 11.1 Å². The van der Waals surface area contributed by atoms with Crippen LogP contribution in [0.3, 0.4) is 0 Å². The highest BCUT2D eigenvalue weighted by Crippen LogP contribution is 2.31. The first-order chi connectivity index (χ1) is 17.3. The second-order valence-electron chi connectivity index (χ2n) is 8.84. The third kappa shape index (κ3) is 5.18. The average molecular weight is 496 g/mol. The van der Waals surface area contributed by atoms with E-state index in [1.54, 1.807) is 16.8 Å². The third-order valence-electron chi connectivity index (χ3n) is 6.26. The van der Waals surface area contributed by atoms with Crippen LogP contribution in [0.5, 0.6) is 0 Å². The van der Waals surface area contributed by atoms with Crippen LogP contribution in [0.4, 0.5) is 18.9 Å². The van der Waals surface area contributed by atoms with Crippen molar-refractivity contribution in [3.8, 4) is 22.8 Å². The lowest BCUT2D eigenvalue weighted by atomic mass is 10.1. The average Bonchev–Trinajstić information content (AvgIpc) is 3.36. The van der Waals surface area contributed by atoms with Crippen LogP contribution in [0.2, 0.25) is 0 Å². The van der Waals surface area contributed by atoms with Crippen molar-refractivity contribution < 1.29 is 17.7 Å². The molecular weight excluding hydrogens is 471 g/mol. The highest BCUT2D eigenvalue weighted by atomic mass is 19.4. The van der Waals surface area contributed by atoms with Crippen molar-refractivity contribution in [2.24, 2.45) is 0 Å². The molecule has 0 unspecified atom stereocenters. The fourth-order valence-electron chi connectivity index (χ4n) is 4.16. The fourth-order valence-corrected chi connectivity index (χ4v) is 4.16. The maximum absolute atomic E-state index is 12.8. The lowest BCUT2D eigenvalue weighted by Crippen LogP contribution is -2.44. The molecule has 1 aliphatic heterocycles. The van der Waals surface area contributed by atoms with Crippen molar-refractivity contribution >= 4 is 5.69 Å². The second kappa shape index (κ2) is 9.62. The van der Waals surface area contributed by atoms with E-state index in [0.29, 0.717) is 17.7 Å². The van der Waals surface area contributed by atoms with Gasteiger partial charge >= 0.3 is 6.18 Å². The maximum Gasteiger partial charge on any atom is 0.416 e. The maximum atomic E-state index is 12.8. The molecule has 1 aliphatic rings. The minimum atomic E-state index is -4.42. The fraction of sp³-hybridized carbons (Fsp3) is 0.269. The number of hydrogen-bond acceptors (Lipinski definition) is 6. The summed E-state index contributed by atoms with van der Waals surface area (Å²) in [4.78, 5) is 21.5. The van der Waals surface area contributed by atoms with Crippen LogP contribution in [0, 0.1) is 0 Å². The quantitative estimate of drug-likeness (QED) is 0.409. The van der Waals surface area contributed by atoms with E-state index in [9.17, 15) is 18.0 Å². The van der Waals surface area contributed by atoms with E-state index in [1.807, 2.05) is 12.1 Å². The molecule has 36 heavy (non-hydrogen) atoms. The molecule has 1 saturated heterocycles. The van der Waals surface area contributed by atoms with Gasteiger partial charge in [-0.2, -0.15) is 18.2 Å². The smallest absolute Gasteiger partial charge is 0.369 e. The molecule has 5 rings (SSSR count). The highest BCUT2D eigenvalue weighted by molar-refractivity contribution is 5.59. The number of likely N-dealkylation sites (N-methyl/N-ethyl adjacent to an activating group) is 1. The number of benzene rings is 2. The summed E-state index contributed by atoms with van der Waals surface area (Å²) in [6.45, 7) is 4.28. The van der Waals surface area contributed by atoms with Crippen molar-refractivity contribution in [2.75, 3.05) is 38.1 Å². The van der Waals surface area contributed by atoms with Gasteiger partial charge in [-0.3, -0.25) is 4.79 Å². The van der Waals surface area contributed by atoms with E-state index >= 15 is 0 Å². The summed E-state index contributed by atoms with van der Waals surface area (Å²) in [7, 11) is 2.11. The molecule has 2 aromatic heterocycles. The Hall–Kier alpha value is -3.92. The van der Waals surface area contributed by atoms with Crippen molar-refractivity contribution in [3.05, 3.63) is 88.3 Å². The van der Waals surface area contributed by atoms with Gasteiger partial charge in [0.05, 0.1) is 17.7 Å². The Kier molecular flexibility index (Phi) is 6.36. The van der Waals surface area contributed by atoms with Crippen molar-refractivity contribution in [1.82, 2.24) is 19.6 Å². The van der Waals surface area contributed by atoms with Crippen LogP contribution in [-0.4, -0.2) is 52.8 Å². The molecule has 0 bridgehead atoms. The molecule has 0 amide bonds. The van der Waals surface area contributed by atoms with E-state index in [2.05, 4.69) is 39.1 Å². The van der Waals surface area contributed by atoms with E-state index in [1.165, 1.54) is 18.2 Å². The molecule has 2 aromatic carbocycles. The zero-order chi connectivity index (χ0) is 25.3. The lowest BCUT2D eigenvalue weighted by molar-refractivity contribution is -0.137. The Morgan fingerprint density at radius 2 is 1.67 bits per heavy atom. The molecule has 0 saturated carbocycles. The molecule has 0 spiro atoms.